The van der Waals surface area contributed by atoms with Crippen molar-refractivity contribution in [1.82, 2.24) is 10.3 Å². The highest BCUT2D eigenvalue weighted by Crippen LogP contribution is 2.19. The zero-order valence-corrected chi connectivity index (χ0v) is 9.92. The van der Waals surface area contributed by atoms with Gasteiger partial charge in [-0.05, 0) is 12.8 Å². The molecule has 1 aromatic rings. The lowest BCUT2D eigenvalue weighted by molar-refractivity contribution is -0.120. The molecule has 0 unspecified atom stereocenters. The van der Waals surface area contributed by atoms with Gasteiger partial charge in [0.05, 0.1) is 6.20 Å². The summed E-state index contributed by atoms with van der Waals surface area (Å²) in [6.07, 6.45) is 3.83. The molecule has 0 radical (unpaired) electrons. The van der Waals surface area contributed by atoms with Gasteiger partial charge in [-0.15, -0.1) is 0 Å². The molecule has 0 aliphatic heterocycles. The maximum atomic E-state index is 11.3. The van der Waals surface area contributed by atoms with Crippen molar-refractivity contribution in [3.63, 3.8) is 0 Å². The van der Waals surface area contributed by atoms with Crippen LogP contribution < -0.4 is 10.6 Å². The molecule has 1 aromatic heterocycles. The fourth-order valence-corrected chi connectivity index (χ4v) is 1.95. The molecular weight excluding hydrogens is 242 g/mol. The Hall–Kier alpha value is -1.63. The van der Waals surface area contributed by atoms with Gasteiger partial charge in [-0.3, -0.25) is 4.79 Å². The van der Waals surface area contributed by atoms with Crippen LogP contribution in [0.3, 0.4) is 0 Å². The van der Waals surface area contributed by atoms with Crippen LogP contribution in [-0.2, 0) is 4.79 Å². The number of aromatic carboxylic acids is 1. The molecule has 0 spiro atoms. The number of nitrogens with one attached hydrogen (secondary N) is 2. The summed E-state index contributed by atoms with van der Waals surface area (Å²) in [5.41, 5.74) is 0. The number of aromatic nitrogens is 1. The molecule has 17 heavy (non-hydrogen) atoms. The summed E-state index contributed by atoms with van der Waals surface area (Å²) in [5.74, 6) is -0.961. The Bertz CT molecular complexity index is 428. The number of amides is 1. The van der Waals surface area contributed by atoms with Crippen molar-refractivity contribution in [1.29, 1.82) is 0 Å². The number of hydrogen-bond donors (Lipinski definition) is 3. The van der Waals surface area contributed by atoms with E-state index >= 15 is 0 Å². The number of carboxylic acids is 1. The first-order valence-electron chi connectivity index (χ1n) is 5.37. The second-order valence-corrected chi connectivity index (χ2v) is 4.88. The Balaban J connectivity index is 1.69. The van der Waals surface area contributed by atoms with E-state index in [4.69, 9.17) is 5.11 Å². The van der Waals surface area contributed by atoms with Crippen LogP contribution in [0.5, 0.6) is 0 Å². The van der Waals surface area contributed by atoms with Crippen LogP contribution in [0.1, 0.15) is 28.9 Å². The second-order valence-electron chi connectivity index (χ2n) is 3.85. The predicted molar refractivity (Wildman–Crippen MR) is 63.3 cm³/mol. The van der Waals surface area contributed by atoms with E-state index in [1.165, 1.54) is 6.20 Å². The van der Waals surface area contributed by atoms with E-state index in [1.54, 1.807) is 0 Å². The molecule has 1 amide bonds. The molecule has 1 heterocycles. The number of carboxylic acid groups (broad SMARTS) is 1. The number of rotatable bonds is 6. The van der Waals surface area contributed by atoms with Crippen LogP contribution in [0.4, 0.5) is 5.13 Å². The minimum absolute atomic E-state index is 0.0232. The van der Waals surface area contributed by atoms with E-state index in [0.29, 0.717) is 24.1 Å². The minimum Gasteiger partial charge on any atom is -0.477 e. The van der Waals surface area contributed by atoms with Crippen LogP contribution in [0.15, 0.2) is 6.20 Å². The average molecular weight is 255 g/mol. The Kier molecular flexibility index (Phi) is 3.58. The highest BCUT2D eigenvalue weighted by Gasteiger charge is 2.22. The number of carbonyl (C=O) groups is 2. The smallest absolute Gasteiger partial charge is 0.347 e. The maximum Gasteiger partial charge on any atom is 0.347 e. The molecule has 2 rings (SSSR count). The summed E-state index contributed by atoms with van der Waals surface area (Å²) in [6.45, 7) is 0.463. The lowest BCUT2D eigenvalue weighted by atomic mass is 10.4. The van der Waals surface area contributed by atoms with Crippen molar-refractivity contribution in [2.75, 3.05) is 11.9 Å². The Morgan fingerprint density at radius 1 is 1.53 bits per heavy atom. The topological polar surface area (TPSA) is 91.3 Å². The molecule has 7 heteroatoms. The summed E-state index contributed by atoms with van der Waals surface area (Å²) in [6, 6.07) is 0.376. The van der Waals surface area contributed by atoms with Gasteiger partial charge in [0, 0.05) is 19.0 Å². The number of hydrogen-bond acceptors (Lipinski definition) is 5. The van der Waals surface area contributed by atoms with Crippen molar-refractivity contribution in [2.45, 2.75) is 25.3 Å². The molecule has 0 aromatic carbocycles. The predicted octanol–water partition coefficient (Wildman–Crippen LogP) is 0.922. The van der Waals surface area contributed by atoms with Gasteiger partial charge in [0.1, 0.15) is 4.88 Å². The summed E-state index contributed by atoms with van der Waals surface area (Å²) < 4.78 is 0. The second kappa shape index (κ2) is 5.13. The van der Waals surface area contributed by atoms with E-state index < -0.39 is 5.97 Å². The van der Waals surface area contributed by atoms with Gasteiger partial charge >= 0.3 is 5.97 Å². The van der Waals surface area contributed by atoms with Gasteiger partial charge in [-0.1, -0.05) is 11.3 Å². The highest BCUT2D eigenvalue weighted by molar-refractivity contribution is 7.17. The largest absolute Gasteiger partial charge is 0.477 e. The van der Waals surface area contributed by atoms with Crippen molar-refractivity contribution in [3.05, 3.63) is 11.1 Å². The van der Waals surface area contributed by atoms with Gasteiger partial charge in [-0.25, -0.2) is 9.78 Å². The molecule has 1 aliphatic rings. The van der Waals surface area contributed by atoms with Crippen molar-refractivity contribution in [3.8, 4) is 0 Å². The SMILES string of the molecule is O=C(CCNc1ncc(C(=O)O)s1)NC1CC1. The fourth-order valence-electron chi connectivity index (χ4n) is 1.27. The van der Waals surface area contributed by atoms with Gasteiger partial charge in [0.15, 0.2) is 5.13 Å². The third-order valence-electron chi connectivity index (χ3n) is 2.29. The highest BCUT2D eigenvalue weighted by atomic mass is 32.1. The summed E-state index contributed by atoms with van der Waals surface area (Å²) >= 11 is 1.07. The zero-order chi connectivity index (χ0) is 12.3. The molecule has 0 bridgehead atoms. The van der Waals surface area contributed by atoms with Gasteiger partial charge in [0.25, 0.3) is 0 Å². The van der Waals surface area contributed by atoms with E-state index in [9.17, 15) is 9.59 Å². The summed E-state index contributed by atoms with van der Waals surface area (Å²) in [5, 5.41) is 15.0. The molecule has 6 nitrogen and oxygen atoms in total. The molecule has 3 N–H and O–H groups in total. The molecule has 1 fully saturated rings. The van der Waals surface area contributed by atoms with Crippen LogP contribution >= 0.6 is 11.3 Å². The first-order valence-corrected chi connectivity index (χ1v) is 6.19. The van der Waals surface area contributed by atoms with Crippen LogP contribution in [-0.4, -0.2) is 34.6 Å². The Morgan fingerprint density at radius 3 is 2.88 bits per heavy atom. The summed E-state index contributed by atoms with van der Waals surface area (Å²) in [7, 11) is 0. The molecule has 1 aliphatic carbocycles. The number of nitrogens with zero attached hydrogens (tertiary/aromatic N) is 1. The lowest BCUT2D eigenvalue weighted by Crippen LogP contribution is -2.27. The maximum absolute atomic E-state index is 11.3. The van der Waals surface area contributed by atoms with E-state index in [-0.39, 0.29) is 10.8 Å². The quantitative estimate of drug-likeness (QED) is 0.703. The first kappa shape index (κ1) is 11.8. The average Bonchev–Trinajstić information content (AvgIpc) is 2.94. The van der Waals surface area contributed by atoms with E-state index in [0.717, 1.165) is 24.2 Å². The molecule has 92 valence electrons. The summed E-state index contributed by atoms with van der Waals surface area (Å²) in [4.78, 5) is 26.0. The van der Waals surface area contributed by atoms with Crippen LogP contribution in [0.2, 0.25) is 0 Å². The third kappa shape index (κ3) is 3.70. The standard InChI is InChI=1S/C10H13N3O3S/c14-8(13-6-1-2-6)3-4-11-10-12-5-7(17-10)9(15)16/h5-6H,1-4H2,(H,11,12)(H,13,14)(H,15,16). The molecule has 1 saturated carbocycles. The van der Waals surface area contributed by atoms with Gasteiger partial charge in [-0.2, -0.15) is 0 Å². The minimum atomic E-state index is -0.984. The monoisotopic (exact) mass is 255 g/mol. The first-order chi connectivity index (χ1) is 8.15. The van der Waals surface area contributed by atoms with Crippen molar-refractivity contribution >= 4 is 28.3 Å². The molecular formula is C10H13N3O3S. The van der Waals surface area contributed by atoms with Gasteiger partial charge in [0.2, 0.25) is 5.91 Å². The fraction of sp³-hybridized carbons (Fsp3) is 0.500. The Labute approximate surface area is 102 Å². The normalized spacial score (nSPS) is 14.4. The molecule has 0 saturated heterocycles. The third-order valence-corrected chi connectivity index (χ3v) is 3.23. The Morgan fingerprint density at radius 2 is 2.29 bits per heavy atom. The number of thiazole rings is 1. The van der Waals surface area contributed by atoms with Crippen molar-refractivity contribution in [2.24, 2.45) is 0 Å². The number of carbonyl (C=O) groups excluding carboxylic acids is 1. The zero-order valence-electron chi connectivity index (χ0n) is 9.10. The van der Waals surface area contributed by atoms with Crippen LogP contribution in [0.25, 0.3) is 0 Å². The van der Waals surface area contributed by atoms with Crippen molar-refractivity contribution < 1.29 is 14.7 Å². The van der Waals surface area contributed by atoms with Crippen LogP contribution in [0, 0.1) is 0 Å². The van der Waals surface area contributed by atoms with E-state index in [1.807, 2.05) is 0 Å². The van der Waals surface area contributed by atoms with Gasteiger partial charge < -0.3 is 15.7 Å². The molecule has 0 atom stereocenters. The van der Waals surface area contributed by atoms with E-state index in [2.05, 4.69) is 15.6 Å². The lowest BCUT2D eigenvalue weighted by Gasteiger charge is -2.03. The number of anilines is 1.